The Balaban J connectivity index is 0. The molecule has 0 radical (unpaired) electrons. The second-order valence-electron chi connectivity index (χ2n) is 9.56. The number of aromatic carboxylic acids is 1. The molecule has 2 rings (SSSR count). The van der Waals surface area contributed by atoms with Gasteiger partial charge in [-0.05, 0) is 50.5 Å². The average Bonchev–Trinajstić information content (AvgIpc) is 3.03. The van der Waals surface area contributed by atoms with Crippen LogP contribution in [-0.2, 0) is 28.6 Å². The van der Waals surface area contributed by atoms with Gasteiger partial charge in [-0.15, -0.1) is 0 Å². The van der Waals surface area contributed by atoms with E-state index < -0.39 is 17.9 Å². The maximum atomic E-state index is 10.9. The molecular weight excluding hydrogens is 572 g/mol. The molecule has 0 aliphatic carbocycles. The number of esters is 3. The van der Waals surface area contributed by atoms with Gasteiger partial charge < -0.3 is 19.3 Å². The zero-order chi connectivity index (χ0) is 34.6. The molecule has 2 aromatic carbocycles. The summed E-state index contributed by atoms with van der Waals surface area (Å²) in [5.74, 6) is -2.16. The Bertz CT molecular complexity index is 1230. The highest BCUT2D eigenvalue weighted by atomic mass is 16.6. The molecule has 0 saturated heterocycles. The Morgan fingerprint density at radius 1 is 0.644 bits per heavy atom. The SMILES string of the molecule is C=C(C)C(=O)OCCCCCC.C=C(C)C(=O)OCCOC(=O)C(=C)C.C=Cc1cccc(C(=O)O)c1.C=Cc1ccccc1. The minimum Gasteiger partial charge on any atom is -0.478 e. The van der Waals surface area contributed by atoms with Crippen LogP contribution in [0.5, 0.6) is 0 Å². The average molecular weight is 621 g/mol. The van der Waals surface area contributed by atoms with Gasteiger partial charge in [-0.25, -0.2) is 19.2 Å². The largest absolute Gasteiger partial charge is 0.478 e. The molecule has 0 amide bonds. The lowest BCUT2D eigenvalue weighted by atomic mass is 10.1. The summed E-state index contributed by atoms with van der Waals surface area (Å²) in [5, 5.41) is 8.57. The monoisotopic (exact) mass is 620 g/mol. The fourth-order valence-electron chi connectivity index (χ4n) is 2.72. The van der Waals surface area contributed by atoms with E-state index in [0.717, 1.165) is 18.4 Å². The summed E-state index contributed by atoms with van der Waals surface area (Å²) >= 11 is 0. The molecule has 45 heavy (non-hydrogen) atoms. The maximum absolute atomic E-state index is 10.9. The van der Waals surface area contributed by atoms with Gasteiger partial charge in [-0.3, -0.25) is 0 Å². The van der Waals surface area contributed by atoms with E-state index in [-0.39, 0.29) is 19.2 Å². The molecule has 2 aromatic rings. The first kappa shape index (κ1) is 42.2. The molecular formula is C37H48O8. The molecule has 0 spiro atoms. The number of hydrogen-bond donors (Lipinski definition) is 1. The van der Waals surface area contributed by atoms with Crippen LogP contribution in [0.3, 0.4) is 0 Å². The third-order valence-corrected chi connectivity index (χ3v) is 5.23. The Morgan fingerprint density at radius 3 is 1.47 bits per heavy atom. The minimum absolute atomic E-state index is 0.0325. The normalized spacial score (nSPS) is 9.07. The first-order chi connectivity index (χ1) is 21.3. The number of carboxylic acids is 1. The van der Waals surface area contributed by atoms with Crippen LogP contribution in [0.4, 0.5) is 0 Å². The van der Waals surface area contributed by atoms with Gasteiger partial charge in [0.25, 0.3) is 0 Å². The number of carbonyl (C=O) groups is 4. The van der Waals surface area contributed by atoms with Crippen LogP contribution in [0.25, 0.3) is 12.2 Å². The second kappa shape index (κ2) is 26.6. The van der Waals surface area contributed by atoms with Crippen molar-refractivity contribution < 1.29 is 38.5 Å². The van der Waals surface area contributed by atoms with Crippen LogP contribution in [0.2, 0.25) is 0 Å². The quantitative estimate of drug-likeness (QED) is 0.0971. The highest BCUT2D eigenvalue weighted by Crippen LogP contribution is 2.06. The highest BCUT2D eigenvalue weighted by molar-refractivity contribution is 5.88. The van der Waals surface area contributed by atoms with Crippen LogP contribution in [0.1, 0.15) is 74.9 Å². The fourth-order valence-corrected chi connectivity index (χ4v) is 2.72. The molecule has 0 fully saturated rings. The summed E-state index contributed by atoms with van der Waals surface area (Å²) < 4.78 is 14.3. The second-order valence-corrected chi connectivity index (χ2v) is 9.56. The van der Waals surface area contributed by atoms with Gasteiger partial charge in [0, 0.05) is 16.7 Å². The van der Waals surface area contributed by atoms with E-state index in [1.165, 1.54) is 18.4 Å². The number of benzene rings is 2. The van der Waals surface area contributed by atoms with E-state index in [9.17, 15) is 19.2 Å². The number of unbranched alkanes of at least 4 members (excludes halogenated alkanes) is 3. The maximum Gasteiger partial charge on any atom is 0.335 e. The molecule has 0 atom stereocenters. The molecule has 0 aliphatic heterocycles. The fraction of sp³-hybridized carbons (Fsp3) is 0.297. The molecule has 1 N–H and O–H groups in total. The zero-order valence-corrected chi connectivity index (χ0v) is 27.1. The van der Waals surface area contributed by atoms with E-state index in [2.05, 4.69) is 49.3 Å². The van der Waals surface area contributed by atoms with Crippen molar-refractivity contribution in [3.63, 3.8) is 0 Å². The van der Waals surface area contributed by atoms with E-state index >= 15 is 0 Å². The van der Waals surface area contributed by atoms with Crippen molar-refractivity contribution in [3.8, 4) is 0 Å². The van der Waals surface area contributed by atoms with Crippen molar-refractivity contribution in [1.82, 2.24) is 0 Å². The first-order valence-corrected chi connectivity index (χ1v) is 14.4. The molecule has 0 unspecified atom stereocenters. The first-order valence-electron chi connectivity index (χ1n) is 14.4. The van der Waals surface area contributed by atoms with Crippen LogP contribution < -0.4 is 0 Å². The molecule has 244 valence electrons. The molecule has 8 heteroatoms. The number of rotatable bonds is 14. The smallest absolute Gasteiger partial charge is 0.335 e. The number of carboxylic acid groups (broad SMARTS) is 1. The lowest BCUT2D eigenvalue weighted by Gasteiger charge is -2.05. The molecule has 0 aliphatic rings. The van der Waals surface area contributed by atoms with Gasteiger partial charge in [-0.1, -0.05) is 114 Å². The Kier molecular flexibility index (Phi) is 24.9. The van der Waals surface area contributed by atoms with Gasteiger partial charge in [0.1, 0.15) is 13.2 Å². The van der Waals surface area contributed by atoms with Crippen molar-refractivity contribution in [1.29, 1.82) is 0 Å². The standard InChI is InChI=1S/C10H14O4.C10H18O2.C9H8O2.C8H8/c1-7(2)9(11)13-5-6-14-10(12)8(3)4;1-4-5-6-7-8-12-10(11)9(2)3;1-2-7-4-3-5-8(6-7)9(10)11;1-2-8-6-4-3-5-7-8/h1,3,5-6H2,2,4H3;2,4-8H2,1,3H3;2-6H,1H2,(H,10,11);2-7H,1H2. The van der Waals surface area contributed by atoms with Gasteiger partial charge in [0.2, 0.25) is 0 Å². The summed E-state index contributed by atoms with van der Waals surface area (Å²) in [5.41, 5.74) is 3.40. The van der Waals surface area contributed by atoms with Crippen molar-refractivity contribution in [2.45, 2.75) is 53.4 Å². The van der Waals surface area contributed by atoms with Crippen molar-refractivity contribution in [2.24, 2.45) is 0 Å². The zero-order valence-electron chi connectivity index (χ0n) is 27.1. The molecule has 8 nitrogen and oxygen atoms in total. The van der Waals surface area contributed by atoms with Gasteiger partial charge >= 0.3 is 23.9 Å². The van der Waals surface area contributed by atoms with Crippen LogP contribution in [0, 0.1) is 0 Å². The third-order valence-electron chi connectivity index (χ3n) is 5.23. The third kappa shape index (κ3) is 24.2. The molecule has 0 saturated carbocycles. The minimum atomic E-state index is -0.909. The number of hydrogen-bond acceptors (Lipinski definition) is 7. The lowest BCUT2D eigenvalue weighted by Crippen LogP contribution is -2.14. The molecule has 0 aromatic heterocycles. The van der Waals surface area contributed by atoms with Crippen LogP contribution in [-0.4, -0.2) is 48.8 Å². The predicted octanol–water partition coefficient (Wildman–Crippen LogP) is 8.27. The topological polar surface area (TPSA) is 116 Å². The van der Waals surface area contributed by atoms with E-state index in [4.69, 9.17) is 9.84 Å². The Labute approximate surface area is 268 Å². The van der Waals surface area contributed by atoms with E-state index in [1.54, 1.807) is 51.1 Å². The number of ether oxygens (including phenoxy) is 3. The van der Waals surface area contributed by atoms with Crippen molar-refractivity contribution >= 4 is 36.0 Å². The molecule has 0 bridgehead atoms. The van der Waals surface area contributed by atoms with E-state index in [0.29, 0.717) is 28.9 Å². The molecule has 0 heterocycles. The summed E-state index contributed by atoms with van der Waals surface area (Å²) in [6.07, 6.45) is 7.97. The summed E-state index contributed by atoms with van der Waals surface area (Å²) in [4.78, 5) is 43.0. The van der Waals surface area contributed by atoms with Gasteiger partial charge in [-0.2, -0.15) is 0 Å². The van der Waals surface area contributed by atoms with E-state index in [1.807, 2.05) is 36.4 Å². The van der Waals surface area contributed by atoms with Crippen LogP contribution >= 0.6 is 0 Å². The van der Waals surface area contributed by atoms with Gasteiger partial charge in [0.05, 0.1) is 12.2 Å². The summed E-state index contributed by atoms with van der Waals surface area (Å²) in [6.45, 7) is 25.0. The lowest BCUT2D eigenvalue weighted by molar-refractivity contribution is -0.147. The predicted molar refractivity (Wildman–Crippen MR) is 181 cm³/mol. The van der Waals surface area contributed by atoms with Crippen LogP contribution in [0.15, 0.2) is 104 Å². The summed E-state index contributed by atoms with van der Waals surface area (Å²) in [7, 11) is 0. The number of carbonyl (C=O) groups excluding carboxylic acids is 3. The van der Waals surface area contributed by atoms with Crippen molar-refractivity contribution in [3.05, 3.63) is 121 Å². The summed E-state index contributed by atoms with van der Waals surface area (Å²) in [6, 6.07) is 16.7. The Morgan fingerprint density at radius 2 is 1.09 bits per heavy atom. The highest BCUT2D eigenvalue weighted by Gasteiger charge is 2.05. The van der Waals surface area contributed by atoms with Crippen molar-refractivity contribution in [2.75, 3.05) is 19.8 Å². The van der Waals surface area contributed by atoms with Gasteiger partial charge in [0.15, 0.2) is 0 Å². The Hall–Kier alpha value is -4.98.